The van der Waals surface area contributed by atoms with E-state index < -0.39 is 6.04 Å². The van der Waals surface area contributed by atoms with E-state index in [9.17, 15) is 14.4 Å². The Kier molecular flexibility index (Phi) is 7.17. The molecule has 7 nitrogen and oxygen atoms in total. The van der Waals surface area contributed by atoms with Gasteiger partial charge in [-0.1, -0.05) is 30.7 Å². The number of carbonyl (C=O) groups excluding carboxylic acids is 3. The summed E-state index contributed by atoms with van der Waals surface area (Å²) in [5, 5.41) is 3.30. The number of nitrogens with one attached hydrogen (secondary N) is 1. The van der Waals surface area contributed by atoms with E-state index in [0.29, 0.717) is 27.8 Å². The first-order chi connectivity index (χ1) is 14.8. The first-order valence-electron chi connectivity index (χ1n) is 10.1. The summed E-state index contributed by atoms with van der Waals surface area (Å²) < 4.78 is 11.0. The molecule has 1 aliphatic rings. The number of ketones is 1. The lowest BCUT2D eigenvalue weighted by Gasteiger charge is -2.34. The highest BCUT2D eigenvalue weighted by molar-refractivity contribution is 6.32. The minimum Gasteiger partial charge on any atom is -0.484 e. The molecule has 0 bridgehead atoms. The Hall–Kier alpha value is -3.06. The summed E-state index contributed by atoms with van der Waals surface area (Å²) in [6, 6.07) is 10.9. The summed E-state index contributed by atoms with van der Waals surface area (Å²) in [6.07, 6.45) is 0.774. The number of benzene rings is 2. The summed E-state index contributed by atoms with van der Waals surface area (Å²) in [5.74, 6) is -0.0692. The third-order valence-electron chi connectivity index (χ3n) is 5.12. The van der Waals surface area contributed by atoms with Gasteiger partial charge in [-0.25, -0.2) is 0 Å². The first-order valence-corrected chi connectivity index (χ1v) is 10.5. The number of carbonyl (C=O) groups is 3. The number of halogens is 1. The maximum Gasteiger partial charge on any atom is 0.265 e. The molecular weight excluding hydrogens is 420 g/mol. The second-order valence-corrected chi connectivity index (χ2v) is 7.78. The predicted octanol–water partition coefficient (Wildman–Crippen LogP) is 3.63. The number of fused-ring (bicyclic) bond motifs is 1. The number of amides is 2. The number of para-hydroxylation sites is 1. The van der Waals surface area contributed by atoms with Crippen LogP contribution < -0.4 is 19.7 Å². The Labute approximate surface area is 186 Å². The van der Waals surface area contributed by atoms with Gasteiger partial charge in [0.05, 0.1) is 10.7 Å². The van der Waals surface area contributed by atoms with Gasteiger partial charge in [0.25, 0.3) is 5.91 Å². The molecule has 164 valence electrons. The van der Waals surface area contributed by atoms with Gasteiger partial charge >= 0.3 is 0 Å². The van der Waals surface area contributed by atoms with Crippen molar-refractivity contribution in [1.29, 1.82) is 0 Å². The van der Waals surface area contributed by atoms with E-state index in [1.165, 1.54) is 4.90 Å². The zero-order valence-electron chi connectivity index (χ0n) is 17.7. The number of hydrogen-bond donors (Lipinski definition) is 1. The standard InChI is InChI=1S/C23H25ClN2O5/c1-4-14(2)25-23(29)15(3)26-18-11-16(9-10-21(18)31-13-22(26)28)19(27)12-30-20-8-6-5-7-17(20)24/h5-11,14-15H,4,12-13H2,1-3H3,(H,25,29)/t14-,15+/m0/s1. The number of ether oxygens (including phenoxy) is 2. The minimum atomic E-state index is -0.756. The summed E-state index contributed by atoms with van der Waals surface area (Å²) in [6.45, 7) is 5.13. The van der Waals surface area contributed by atoms with Crippen LogP contribution in [0.2, 0.25) is 5.02 Å². The van der Waals surface area contributed by atoms with Crippen molar-refractivity contribution in [2.24, 2.45) is 0 Å². The molecule has 1 heterocycles. The molecule has 0 saturated carbocycles. The van der Waals surface area contributed by atoms with Gasteiger partial charge in [-0.15, -0.1) is 0 Å². The van der Waals surface area contributed by atoms with Crippen LogP contribution in [0.4, 0.5) is 5.69 Å². The number of nitrogens with zero attached hydrogens (tertiary/aromatic N) is 1. The first kappa shape index (κ1) is 22.6. The van der Waals surface area contributed by atoms with E-state index in [2.05, 4.69) is 5.32 Å². The van der Waals surface area contributed by atoms with E-state index in [0.717, 1.165) is 6.42 Å². The molecule has 0 unspecified atom stereocenters. The number of anilines is 1. The largest absolute Gasteiger partial charge is 0.484 e. The highest BCUT2D eigenvalue weighted by Gasteiger charge is 2.34. The Morgan fingerprint density at radius 2 is 1.97 bits per heavy atom. The molecule has 31 heavy (non-hydrogen) atoms. The van der Waals surface area contributed by atoms with Gasteiger partial charge in [0.2, 0.25) is 5.91 Å². The Bertz CT molecular complexity index is 994. The number of rotatable bonds is 8. The molecule has 1 N–H and O–H groups in total. The van der Waals surface area contributed by atoms with Crippen molar-refractivity contribution >= 4 is 34.9 Å². The van der Waals surface area contributed by atoms with Crippen LogP contribution in [0.5, 0.6) is 11.5 Å². The van der Waals surface area contributed by atoms with E-state index >= 15 is 0 Å². The van der Waals surface area contributed by atoms with Crippen LogP contribution in [0, 0.1) is 0 Å². The molecule has 2 aromatic carbocycles. The quantitative estimate of drug-likeness (QED) is 0.628. The second kappa shape index (κ2) is 9.83. The van der Waals surface area contributed by atoms with Crippen molar-refractivity contribution in [2.45, 2.75) is 39.3 Å². The smallest absolute Gasteiger partial charge is 0.265 e. The summed E-state index contributed by atoms with van der Waals surface area (Å²) >= 11 is 6.06. The van der Waals surface area contributed by atoms with E-state index in [1.807, 2.05) is 13.8 Å². The summed E-state index contributed by atoms with van der Waals surface area (Å²) in [5.41, 5.74) is 0.718. The van der Waals surface area contributed by atoms with Crippen LogP contribution in [-0.4, -0.2) is 42.9 Å². The molecule has 0 radical (unpaired) electrons. The molecular formula is C23H25ClN2O5. The van der Waals surface area contributed by atoms with E-state index in [4.69, 9.17) is 21.1 Å². The molecule has 2 aromatic rings. The van der Waals surface area contributed by atoms with Gasteiger partial charge in [-0.05, 0) is 50.6 Å². The van der Waals surface area contributed by atoms with Crippen molar-refractivity contribution < 1.29 is 23.9 Å². The maximum atomic E-state index is 12.7. The highest BCUT2D eigenvalue weighted by atomic mass is 35.5. The number of Topliss-reactive ketones (excluding diaryl/α,β-unsaturated/α-hetero) is 1. The zero-order valence-corrected chi connectivity index (χ0v) is 18.4. The third kappa shape index (κ3) is 5.17. The van der Waals surface area contributed by atoms with Crippen LogP contribution in [0.3, 0.4) is 0 Å². The van der Waals surface area contributed by atoms with Crippen molar-refractivity contribution in [3.8, 4) is 11.5 Å². The highest BCUT2D eigenvalue weighted by Crippen LogP contribution is 2.34. The normalized spacial score (nSPS) is 14.8. The van der Waals surface area contributed by atoms with Gasteiger partial charge in [0.15, 0.2) is 19.0 Å². The minimum absolute atomic E-state index is 0.0135. The molecule has 0 aliphatic carbocycles. The van der Waals surface area contributed by atoms with Gasteiger partial charge < -0.3 is 14.8 Å². The molecule has 2 amide bonds. The Morgan fingerprint density at radius 1 is 1.23 bits per heavy atom. The maximum absolute atomic E-state index is 12.7. The van der Waals surface area contributed by atoms with Gasteiger partial charge in [0.1, 0.15) is 17.5 Å². The van der Waals surface area contributed by atoms with Crippen molar-refractivity contribution in [1.82, 2.24) is 5.32 Å². The van der Waals surface area contributed by atoms with Gasteiger partial charge in [0, 0.05) is 11.6 Å². The molecule has 0 aromatic heterocycles. The Balaban J connectivity index is 1.81. The molecule has 0 saturated heterocycles. The predicted molar refractivity (Wildman–Crippen MR) is 118 cm³/mol. The van der Waals surface area contributed by atoms with E-state index in [1.54, 1.807) is 49.4 Å². The van der Waals surface area contributed by atoms with Gasteiger partial charge in [-0.2, -0.15) is 0 Å². The lowest BCUT2D eigenvalue weighted by molar-refractivity contribution is -0.127. The SMILES string of the molecule is CC[C@H](C)NC(=O)[C@@H](C)N1C(=O)COc2ccc(C(=O)COc3ccccc3Cl)cc21. The van der Waals surface area contributed by atoms with Crippen LogP contribution in [0.1, 0.15) is 37.6 Å². The van der Waals surface area contributed by atoms with Crippen molar-refractivity contribution in [3.63, 3.8) is 0 Å². The van der Waals surface area contributed by atoms with Crippen LogP contribution in [-0.2, 0) is 9.59 Å². The lowest BCUT2D eigenvalue weighted by Crippen LogP contribution is -2.52. The van der Waals surface area contributed by atoms with Crippen LogP contribution >= 0.6 is 11.6 Å². The Morgan fingerprint density at radius 3 is 2.68 bits per heavy atom. The van der Waals surface area contributed by atoms with Gasteiger partial charge in [-0.3, -0.25) is 19.3 Å². The van der Waals surface area contributed by atoms with Crippen LogP contribution in [0.25, 0.3) is 0 Å². The average molecular weight is 445 g/mol. The van der Waals surface area contributed by atoms with E-state index in [-0.39, 0.29) is 36.9 Å². The molecule has 0 fully saturated rings. The average Bonchev–Trinajstić information content (AvgIpc) is 2.77. The summed E-state index contributed by atoms with van der Waals surface area (Å²) in [4.78, 5) is 39.3. The fourth-order valence-corrected chi connectivity index (χ4v) is 3.33. The topological polar surface area (TPSA) is 84.9 Å². The lowest BCUT2D eigenvalue weighted by atomic mass is 10.1. The molecule has 2 atom stereocenters. The summed E-state index contributed by atoms with van der Waals surface area (Å²) in [7, 11) is 0. The van der Waals surface area contributed by atoms with Crippen molar-refractivity contribution in [2.75, 3.05) is 18.1 Å². The zero-order chi connectivity index (χ0) is 22.5. The fraction of sp³-hybridized carbons (Fsp3) is 0.348. The monoisotopic (exact) mass is 444 g/mol. The molecule has 0 spiro atoms. The van der Waals surface area contributed by atoms with Crippen molar-refractivity contribution in [3.05, 3.63) is 53.1 Å². The molecule has 8 heteroatoms. The molecule has 3 rings (SSSR count). The van der Waals surface area contributed by atoms with Crippen LogP contribution in [0.15, 0.2) is 42.5 Å². The number of hydrogen-bond acceptors (Lipinski definition) is 5. The molecule has 1 aliphatic heterocycles. The third-order valence-corrected chi connectivity index (χ3v) is 5.44. The second-order valence-electron chi connectivity index (χ2n) is 7.37. The fourth-order valence-electron chi connectivity index (χ4n) is 3.14.